The van der Waals surface area contributed by atoms with Crippen LogP contribution in [-0.2, 0) is 26.9 Å². The van der Waals surface area contributed by atoms with Crippen molar-refractivity contribution in [1.29, 1.82) is 0 Å². The van der Waals surface area contributed by atoms with Crippen molar-refractivity contribution >= 4 is 27.4 Å². The van der Waals surface area contributed by atoms with Gasteiger partial charge in [0.2, 0.25) is 0 Å². The third-order valence-electron chi connectivity index (χ3n) is 3.03. The Morgan fingerprint density at radius 1 is 1.45 bits per heavy atom. The molecule has 0 amide bonds. The molecule has 20 heavy (non-hydrogen) atoms. The fourth-order valence-electron chi connectivity index (χ4n) is 2.14. The molecule has 0 saturated carbocycles. The molecule has 0 aliphatic rings. The van der Waals surface area contributed by atoms with Gasteiger partial charge in [0.15, 0.2) is 15.1 Å². The van der Waals surface area contributed by atoms with Crippen molar-refractivity contribution in [3.63, 3.8) is 0 Å². The van der Waals surface area contributed by atoms with Crippen LogP contribution in [0.25, 0.3) is 0 Å². The van der Waals surface area contributed by atoms with E-state index in [0.29, 0.717) is 17.9 Å². The van der Waals surface area contributed by atoms with Gasteiger partial charge in [-0.1, -0.05) is 25.4 Å². The first kappa shape index (κ1) is 17.0. The van der Waals surface area contributed by atoms with Crippen molar-refractivity contribution in [2.75, 3.05) is 0 Å². The van der Waals surface area contributed by atoms with Crippen molar-refractivity contribution in [3.8, 4) is 0 Å². The van der Waals surface area contributed by atoms with Gasteiger partial charge < -0.3 is 5.11 Å². The largest absolute Gasteiger partial charge is 0.480 e. The minimum Gasteiger partial charge on any atom is -0.480 e. The number of hydrogen-bond acceptors (Lipinski definition) is 4. The lowest BCUT2D eigenvalue weighted by Crippen LogP contribution is -2.36. The van der Waals surface area contributed by atoms with Crippen LogP contribution in [0.4, 0.5) is 0 Å². The summed E-state index contributed by atoms with van der Waals surface area (Å²) < 4.78 is 26.2. The van der Waals surface area contributed by atoms with E-state index < -0.39 is 32.7 Å². The summed E-state index contributed by atoms with van der Waals surface area (Å²) in [5.41, 5.74) is 0.883. The lowest BCUT2D eigenvalue weighted by atomic mass is 10.1. The maximum atomic E-state index is 12.3. The molecule has 1 atom stereocenters. The number of rotatable bonds is 6. The topological polar surface area (TPSA) is 89.3 Å². The normalized spacial score (nSPS) is 13.7. The predicted molar refractivity (Wildman–Crippen MR) is 76.5 cm³/mol. The molecule has 0 aromatic carbocycles. The van der Waals surface area contributed by atoms with Crippen LogP contribution < -0.4 is 0 Å². The number of carboxylic acid groups (broad SMARTS) is 1. The Morgan fingerprint density at radius 3 is 2.40 bits per heavy atom. The molecule has 1 heterocycles. The number of halogens is 1. The van der Waals surface area contributed by atoms with Crippen molar-refractivity contribution in [2.24, 2.45) is 5.92 Å². The number of aromatic nitrogens is 2. The maximum Gasteiger partial charge on any atom is 0.322 e. The maximum absolute atomic E-state index is 12.3. The molecule has 114 valence electrons. The first-order valence-electron chi connectivity index (χ1n) is 6.28. The molecule has 0 aliphatic heterocycles. The Labute approximate surface area is 123 Å². The molecule has 1 aromatic heterocycles. The molecule has 1 aromatic rings. The second-order valence-corrected chi connectivity index (χ2v) is 7.47. The van der Waals surface area contributed by atoms with Gasteiger partial charge in [0.25, 0.3) is 0 Å². The van der Waals surface area contributed by atoms with Crippen LogP contribution in [0.15, 0.2) is 0 Å². The minimum atomic E-state index is -3.86. The fourth-order valence-corrected chi connectivity index (χ4v) is 4.41. The summed E-state index contributed by atoms with van der Waals surface area (Å²) in [6.07, 6.45) is 0. The van der Waals surface area contributed by atoms with Gasteiger partial charge in [0, 0.05) is 6.54 Å². The van der Waals surface area contributed by atoms with E-state index in [9.17, 15) is 13.2 Å². The molecule has 0 spiro atoms. The van der Waals surface area contributed by atoms with Crippen molar-refractivity contribution in [1.82, 2.24) is 9.78 Å². The molecular formula is C12H19ClN2O4S. The second-order valence-electron chi connectivity index (χ2n) is 4.97. The van der Waals surface area contributed by atoms with Gasteiger partial charge in [0.1, 0.15) is 0 Å². The molecular weight excluding hydrogens is 304 g/mol. The summed E-state index contributed by atoms with van der Waals surface area (Å²) >= 11 is 6.07. The van der Waals surface area contributed by atoms with E-state index in [1.807, 2.05) is 6.92 Å². The van der Waals surface area contributed by atoms with E-state index in [1.165, 1.54) is 4.68 Å². The van der Waals surface area contributed by atoms with Gasteiger partial charge in [-0.25, -0.2) is 8.42 Å². The molecule has 8 heteroatoms. The number of aliphatic carboxylic acids is 1. The summed E-state index contributed by atoms with van der Waals surface area (Å²) in [5, 5.41) is 12.1. The monoisotopic (exact) mass is 322 g/mol. The van der Waals surface area contributed by atoms with Gasteiger partial charge in [-0.15, -0.1) is 0 Å². The standard InChI is InChI=1S/C12H19ClN2O4S/c1-5-15-9(10(13)8(4)14-15)6-20(18,19)11(7(2)3)12(16)17/h7,11H,5-6H2,1-4H3,(H,16,17). The zero-order valence-electron chi connectivity index (χ0n) is 11.9. The van der Waals surface area contributed by atoms with Crippen LogP contribution in [-0.4, -0.2) is 34.5 Å². The van der Waals surface area contributed by atoms with Crippen LogP contribution in [0.5, 0.6) is 0 Å². The summed E-state index contributed by atoms with van der Waals surface area (Å²) in [7, 11) is -3.86. The number of sulfone groups is 1. The Bertz CT molecular complexity index is 607. The molecule has 0 radical (unpaired) electrons. The zero-order valence-corrected chi connectivity index (χ0v) is 13.5. The number of carbonyl (C=O) groups is 1. The predicted octanol–water partition coefficient (Wildman–Crippen LogP) is 1.89. The Balaban J connectivity index is 3.23. The van der Waals surface area contributed by atoms with E-state index in [2.05, 4.69) is 5.10 Å². The summed E-state index contributed by atoms with van der Waals surface area (Å²) in [5.74, 6) is -2.28. The quantitative estimate of drug-likeness (QED) is 0.863. The Kier molecular flexibility index (Phi) is 5.21. The number of aryl methyl sites for hydroxylation is 2. The van der Waals surface area contributed by atoms with Crippen molar-refractivity contribution in [2.45, 2.75) is 45.2 Å². The highest BCUT2D eigenvalue weighted by molar-refractivity contribution is 7.92. The zero-order chi connectivity index (χ0) is 15.7. The molecule has 1 unspecified atom stereocenters. The van der Waals surface area contributed by atoms with Crippen LogP contribution in [0.3, 0.4) is 0 Å². The lowest BCUT2D eigenvalue weighted by molar-refractivity contribution is -0.137. The minimum absolute atomic E-state index is 0.281. The van der Waals surface area contributed by atoms with Gasteiger partial charge in [-0.05, 0) is 19.8 Å². The SMILES string of the molecule is CCn1nc(C)c(Cl)c1CS(=O)(=O)C(C(=O)O)C(C)C. The fraction of sp³-hybridized carbons (Fsp3) is 0.667. The second kappa shape index (κ2) is 6.13. The molecule has 1 rings (SSSR count). The third-order valence-corrected chi connectivity index (χ3v) is 5.71. The molecule has 6 nitrogen and oxygen atoms in total. The van der Waals surface area contributed by atoms with Crippen LogP contribution in [0, 0.1) is 12.8 Å². The van der Waals surface area contributed by atoms with Gasteiger partial charge in [0.05, 0.1) is 22.2 Å². The molecule has 0 saturated heterocycles. The van der Waals surface area contributed by atoms with E-state index >= 15 is 0 Å². The van der Waals surface area contributed by atoms with Crippen LogP contribution >= 0.6 is 11.6 Å². The smallest absolute Gasteiger partial charge is 0.322 e. The van der Waals surface area contributed by atoms with E-state index in [0.717, 1.165) is 0 Å². The third kappa shape index (κ3) is 3.32. The molecule has 0 fully saturated rings. The van der Waals surface area contributed by atoms with Crippen LogP contribution in [0.2, 0.25) is 5.02 Å². The van der Waals surface area contributed by atoms with Gasteiger partial charge in [-0.3, -0.25) is 9.48 Å². The van der Waals surface area contributed by atoms with Crippen LogP contribution in [0.1, 0.15) is 32.2 Å². The van der Waals surface area contributed by atoms with Crippen molar-refractivity contribution in [3.05, 3.63) is 16.4 Å². The number of carboxylic acids is 1. The highest BCUT2D eigenvalue weighted by atomic mass is 35.5. The Hall–Kier alpha value is -1.08. The average Bonchev–Trinajstić information content (AvgIpc) is 2.54. The van der Waals surface area contributed by atoms with Crippen molar-refractivity contribution < 1.29 is 18.3 Å². The summed E-state index contributed by atoms with van der Waals surface area (Å²) in [6, 6.07) is 0. The summed E-state index contributed by atoms with van der Waals surface area (Å²) in [6.45, 7) is 7.11. The van der Waals surface area contributed by atoms with Gasteiger partial charge >= 0.3 is 5.97 Å². The van der Waals surface area contributed by atoms with E-state index in [-0.39, 0.29) is 5.02 Å². The highest BCUT2D eigenvalue weighted by Gasteiger charge is 2.36. The highest BCUT2D eigenvalue weighted by Crippen LogP contribution is 2.25. The first-order chi connectivity index (χ1) is 9.11. The van der Waals surface area contributed by atoms with E-state index in [4.69, 9.17) is 16.7 Å². The molecule has 0 bridgehead atoms. The first-order valence-corrected chi connectivity index (χ1v) is 8.37. The number of nitrogens with zero attached hydrogens (tertiary/aromatic N) is 2. The lowest BCUT2D eigenvalue weighted by Gasteiger charge is -2.17. The van der Waals surface area contributed by atoms with Gasteiger partial charge in [-0.2, -0.15) is 5.10 Å². The molecule has 0 aliphatic carbocycles. The molecule has 1 N–H and O–H groups in total. The summed E-state index contributed by atoms with van der Waals surface area (Å²) in [4.78, 5) is 11.2. The Morgan fingerprint density at radius 2 is 2.00 bits per heavy atom. The van der Waals surface area contributed by atoms with E-state index in [1.54, 1.807) is 20.8 Å². The average molecular weight is 323 g/mol. The number of hydrogen-bond donors (Lipinski definition) is 1.